The second-order valence-corrected chi connectivity index (χ2v) is 4.68. The number of aryl methyl sites for hydroxylation is 1. The van der Waals surface area contributed by atoms with Gasteiger partial charge in [-0.1, -0.05) is 6.92 Å². The van der Waals surface area contributed by atoms with Crippen LogP contribution >= 0.6 is 0 Å². The van der Waals surface area contributed by atoms with Crippen molar-refractivity contribution in [3.05, 3.63) is 30.0 Å². The lowest BCUT2D eigenvalue weighted by atomic mass is 10.1. The molecule has 0 aliphatic carbocycles. The van der Waals surface area contributed by atoms with Crippen molar-refractivity contribution in [2.45, 2.75) is 26.3 Å². The monoisotopic (exact) mass is 260 g/mol. The lowest BCUT2D eigenvalue weighted by molar-refractivity contribution is -0.121. The number of carbonyl (C=O) groups is 1. The number of fused-ring (bicyclic) bond motifs is 1. The number of benzene rings is 1. The number of carbonyl (C=O) groups excluding carboxylic acids is 1. The second-order valence-electron chi connectivity index (χ2n) is 4.68. The minimum absolute atomic E-state index is 0.0994. The molecule has 1 N–H and O–H groups in total. The quantitative estimate of drug-likeness (QED) is 0.898. The Labute approximate surface area is 113 Å². The van der Waals surface area contributed by atoms with Gasteiger partial charge in [0.05, 0.1) is 7.11 Å². The molecule has 4 nitrogen and oxygen atoms in total. The molecule has 0 saturated carbocycles. The first kappa shape index (κ1) is 13.5. The Morgan fingerprint density at radius 1 is 1.42 bits per heavy atom. The number of methoxy groups -OCH3 is 1. The number of rotatable bonds is 5. The number of amides is 1. The van der Waals surface area contributed by atoms with Crippen LogP contribution in [0.4, 0.5) is 0 Å². The Hall–Kier alpha value is -1.97. The molecule has 1 aromatic carbocycles. The number of hydrogen-bond acceptors (Lipinski definition) is 2. The SMILES string of the molecule is CCCC(=O)NCc1cn(C)c2ccc(OC)cc12. The van der Waals surface area contributed by atoms with Gasteiger partial charge in [0.15, 0.2) is 0 Å². The minimum Gasteiger partial charge on any atom is -0.497 e. The van der Waals surface area contributed by atoms with E-state index in [1.54, 1.807) is 7.11 Å². The summed E-state index contributed by atoms with van der Waals surface area (Å²) >= 11 is 0. The van der Waals surface area contributed by atoms with Crippen molar-refractivity contribution in [1.82, 2.24) is 9.88 Å². The zero-order chi connectivity index (χ0) is 13.8. The zero-order valence-electron chi connectivity index (χ0n) is 11.7. The first-order valence-corrected chi connectivity index (χ1v) is 6.54. The van der Waals surface area contributed by atoms with Crippen LogP contribution in [0.15, 0.2) is 24.4 Å². The average Bonchev–Trinajstić information content (AvgIpc) is 2.73. The molecule has 0 saturated heterocycles. The summed E-state index contributed by atoms with van der Waals surface area (Å²) in [4.78, 5) is 11.5. The highest BCUT2D eigenvalue weighted by Gasteiger charge is 2.08. The average molecular weight is 260 g/mol. The van der Waals surface area contributed by atoms with Gasteiger partial charge in [-0.15, -0.1) is 0 Å². The van der Waals surface area contributed by atoms with Gasteiger partial charge in [-0.25, -0.2) is 0 Å². The van der Waals surface area contributed by atoms with E-state index in [1.165, 1.54) is 0 Å². The maximum atomic E-state index is 11.5. The van der Waals surface area contributed by atoms with Crippen molar-refractivity contribution >= 4 is 16.8 Å². The molecule has 0 unspecified atom stereocenters. The summed E-state index contributed by atoms with van der Waals surface area (Å²) in [7, 11) is 3.67. The number of hydrogen-bond donors (Lipinski definition) is 1. The third kappa shape index (κ3) is 2.89. The summed E-state index contributed by atoms with van der Waals surface area (Å²) in [6.07, 6.45) is 3.50. The van der Waals surface area contributed by atoms with E-state index in [-0.39, 0.29) is 5.91 Å². The molecule has 19 heavy (non-hydrogen) atoms. The van der Waals surface area contributed by atoms with Gasteiger partial charge in [0, 0.05) is 37.1 Å². The maximum Gasteiger partial charge on any atom is 0.220 e. The van der Waals surface area contributed by atoms with Gasteiger partial charge in [-0.05, 0) is 30.2 Å². The molecule has 0 fully saturated rings. The standard InChI is InChI=1S/C15H20N2O2/c1-4-5-15(18)16-9-11-10-17(2)14-7-6-12(19-3)8-13(11)14/h6-8,10H,4-5,9H2,1-3H3,(H,16,18). The number of ether oxygens (including phenoxy) is 1. The van der Waals surface area contributed by atoms with E-state index in [0.717, 1.165) is 28.6 Å². The summed E-state index contributed by atoms with van der Waals surface area (Å²) in [6, 6.07) is 5.99. The van der Waals surface area contributed by atoms with Crippen LogP contribution in [-0.2, 0) is 18.4 Å². The van der Waals surface area contributed by atoms with Crippen molar-refractivity contribution in [3.63, 3.8) is 0 Å². The molecule has 1 amide bonds. The zero-order valence-corrected chi connectivity index (χ0v) is 11.7. The van der Waals surface area contributed by atoms with E-state index >= 15 is 0 Å². The molecule has 0 atom stereocenters. The van der Waals surface area contributed by atoms with Crippen LogP contribution < -0.4 is 10.1 Å². The Morgan fingerprint density at radius 3 is 2.89 bits per heavy atom. The van der Waals surface area contributed by atoms with Gasteiger partial charge in [0.2, 0.25) is 5.91 Å². The van der Waals surface area contributed by atoms with Crippen LogP contribution in [0.2, 0.25) is 0 Å². The lowest BCUT2D eigenvalue weighted by Gasteiger charge is -2.04. The molecular formula is C15H20N2O2. The molecule has 4 heteroatoms. The molecule has 1 heterocycles. The van der Waals surface area contributed by atoms with Crippen LogP contribution in [0.1, 0.15) is 25.3 Å². The minimum atomic E-state index is 0.0994. The highest BCUT2D eigenvalue weighted by Crippen LogP contribution is 2.25. The summed E-state index contributed by atoms with van der Waals surface area (Å²) in [5.74, 6) is 0.933. The van der Waals surface area contributed by atoms with Crippen LogP contribution in [0.25, 0.3) is 10.9 Å². The Kier molecular flexibility index (Phi) is 4.10. The van der Waals surface area contributed by atoms with Crippen LogP contribution in [-0.4, -0.2) is 17.6 Å². The first-order valence-electron chi connectivity index (χ1n) is 6.54. The van der Waals surface area contributed by atoms with Crippen molar-refractivity contribution in [2.75, 3.05) is 7.11 Å². The predicted octanol–water partition coefficient (Wildman–Crippen LogP) is 2.60. The van der Waals surface area contributed by atoms with Crippen molar-refractivity contribution < 1.29 is 9.53 Å². The van der Waals surface area contributed by atoms with E-state index in [2.05, 4.69) is 16.1 Å². The largest absolute Gasteiger partial charge is 0.497 e. The van der Waals surface area contributed by atoms with Crippen LogP contribution in [0.5, 0.6) is 5.75 Å². The summed E-state index contributed by atoms with van der Waals surface area (Å²) in [5, 5.41) is 4.07. The molecular weight excluding hydrogens is 240 g/mol. The summed E-state index contributed by atoms with van der Waals surface area (Å²) in [5.41, 5.74) is 2.25. The third-order valence-corrected chi connectivity index (χ3v) is 3.23. The van der Waals surface area contributed by atoms with Gasteiger partial charge in [0.1, 0.15) is 5.75 Å². The van der Waals surface area contributed by atoms with Crippen LogP contribution in [0, 0.1) is 0 Å². The lowest BCUT2D eigenvalue weighted by Crippen LogP contribution is -2.21. The Bertz CT molecular complexity index is 587. The Balaban J connectivity index is 2.24. The third-order valence-electron chi connectivity index (χ3n) is 3.23. The van der Waals surface area contributed by atoms with Crippen molar-refractivity contribution in [3.8, 4) is 5.75 Å². The fourth-order valence-electron chi connectivity index (χ4n) is 2.23. The fraction of sp³-hybridized carbons (Fsp3) is 0.400. The smallest absolute Gasteiger partial charge is 0.220 e. The number of nitrogens with zero attached hydrogens (tertiary/aromatic N) is 1. The molecule has 2 rings (SSSR count). The van der Waals surface area contributed by atoms with Gasteiger partial charge >= 0.3 is 0 Å². The Morgan fingerprint density at radius 2 is 2.21 bits per heavy atom. The molecule has 0 bridgehead atoms. The van der Waals surface area contributed by atoms with E-state index in [9.17, 15) is 4.79 Å². The van der Waals surface area contributed by atoms with Crippen molar-refractivity contribution in [1.29, 1.82) is 0 Å². The maximum absolute atomic E-state index is 11.5. The summed E-state index contributed by atoms with van der Waals surface area (Å²) < 4.78 is 7.32. The molecule has 2 aromatic rings. The van der Waals surface area contributed by atoms with E-state index < -0.39 is 0 Å². The van der Waals surface area contributed by atoms with E-state index in [1.807, 2.05) is 32.2 Å². The predicted molar refractivity (Wildman–Crippen MR) is 76.2 cm³/mol. The topological polar surface area (TPSA) is 43.3 Å². The molecule has 102 valence electrons. The van der Waals surface area contributed by atoms with Crippen LogP contribution in [0.3, 0.4) is 0 Å². The van der Waals surface area contributed by atoms with Crippen molar-refractivity contribution in [2.24, 2.45) is 7.05 Å². The fourth-order valence-corrected chi connectivity index (χ4v) is 2.23. The highest BCUT2D eigenvalue weighted by molar-refractivity contribution is 5.86. The van der Waals surface area contributed by atoms with Gasteiger partial charge < -0.3 is 14.6 Å². The summed E-state index contributed by atoms with van der Waals surface area (Å²) in [6.45, 7) is 2.56. The number of nitrogens with one attached hydrogen (secondary N) is 1. The first-order chi connectivity index (χ1) is 9.15. The molecule has 1 aromatic heterocycles. The molecule has 0 radical (unpaired) electrons. The number of aromatic nitrogens is 1. The van der Waals surface area contributed by atoms with Gasteiger partial charge in [0.25, 0.3) is 0 Å². The highest BCUT2D eigenvalue weighted by atomic mass is 16.5. The normalized spacial score (nSPS) is 10.7. The molecule has 0 aliphatic rings. The van der Waals surface area contributed by atoms with Gasteiger partial charge in [-0.3, -0.25) is 4.79 Å². The second kappa shape index (κ2) is 5.78. The molecule has 0 spiro atoms. The van der Waals surface area contributed by atoms with E-state index in [4.69, 9.17) is 4.74 Å². The van der Waals surface area contributed by atoms with Gasteiger partial charge in [-0.2, -0.15) is 0 Å². The molecule has 0 aliphatic heterocycles. The van der Waals surface area contributed by atoms with E-state index in [0.29, 0.717) is 13.0 Å².